The molecule has 7 nitrogen and oxygen atoms in total. The lowest BCUT2D eigenvalue weighted by Crippen LogP contribution is -2.42. The van der Waals surface area contributed by atoms with Crippen molar-refractivity contribution in [2.75, 3.05) is 18.4 Å². The quantitative estimate of drug-likeness (QED) is 0.481. The number of rotatable bonds is 8. The molecular formula is C27H28FN3O4S. The second-order valence-electron chi connectivity index (χ2n) is 8.72. The molecule has 3 aromatic carbocycles. The Morgan fingerprint density at radius 2 is 1.53 bits per heavy atom. The van der Waals surface area contributed by atoms with Crippen molar-refractivity contribution < 1.29 is 22.4 Å². The van der Waals surface area contributed by atoms with Crippen LogP contribution in [0.3, 0.4) is 0 Å². The van der Waals surface area contributed by atoms with Gasteiger partial charge in [0.05, 0.1) is 17.0 Å². The van der Waals surface area contributed by atoms with Gasteiger partial charge in [0.25, 0.3) is 5.91 Å². The number of hydrogen-bond donors (Lipinski definition) is 2. The predicted molar refractivity (Wildman–Crippen MR) is 136 cm³/mol. The van der Waals surface area contributed by atoms with Gasteiger partial charge >= 0.3 is 0 Å². The molecule has 1 heterocycles. The third-order valence-corrected chi connectivity index (χ3v) is 8.07. The van der Waals surface area contributed by atoms with Crippen LogP contribution in [0.1, 0.15) is 34.3 Å². The van der Waals surface area contributed by atoms with E-state index in [4.69, 9.17) is 0 Å². The molecule has 1 fully saturated rings. The van der Waals surface area contributed by atoms with Crippen molar-refractivity contribution in [3.8, 4) is 0 Å². The second-order valence-corrected chi connectivity index (χ2v) is 10.7. The first-order valence-electron chi connectivity index (χ1n) is 11.8. The first kappa shape index (κ1) is 25.5. The minimum atomic E-state index is -3.71. The van der Waals surface area contributed by atoms with Crippen LogP contribution in [0.25, 0.3) is 0 Å². The van der Waals surface area contributed by atoms with Gasteiger partial charge in [-0.1, -0.05) is 60.7 Å². The number of piperidine rings is 1. The topological polar surface area (TPSA) is 95.6 Å². The van der Waals surface area contributed by atoms with Gasteiger partial charge in [0, 0.05) is 31.1 Å². The molecule has 1 aliphatic rings. The number of anilines is 1. The Balaban J connectivity index is 1.34. The van der Waals surface area contributed by atoms with Crippen molar-refractivity contribution >= 4 is 27.5 Å². The van der Waals surface area contributed by atoms with Gasteiger partial charge in [-0.3, -0.25) is 9.59 Å². The zero-order valence-corrected chi connectivity index (χ0v) is 20.5. The Labute approximate surface area is 210 Å². The number of carbonyl (C=O) groups is 2. The number of para-hydroxylation sites is 1. The van der Waals surface area contributed by atoms with Gasteiger partial charge in [0.2, 0.25) is 15.9 Å². The molecule has 4 rings (SSSR count). The molecule has 2 N–H and O–H groups in total. The Hall–Kier alpha value is -3.56. The highest BCUT2D eigenvalue weighted by Crippen LogP contribution is 2.25. The monoisotopic (exact) mass is 509 g/mol. The SMILES string of the molecule is O=C(NCc1ccccc1)c1ccccc1NC(=O)C1CCN(S(=O)(=O)Cc2ccccc2F)CC1. The van der Waals surface area contributed by atoms with Crippen molar-refractivity contribution in [3.05, 3.63) is 101 Å². The first-order chi connectivity index (χ1) is 17.3. The van der Waals surface area contributed by atoms with Crippen LogP contribution in [-0.2, 0) is 27.1 Å². The molecule has 0 spiro atoms. The summed E-state index contributed by atoms with van der Waals surface area (Å²) in [4.78, 5) is 25.7. The Morgan fingerprint density at radius 3 is 2.25 bits per heavy atom. The van der Waals surface area contributed by atoms with E-state index in [2.05, 4.69) is 10.6 Å². The minimum Gasteiger partial charge on any atom is -0.348 e. The maximum Gasteiger partial charge on any atom is 0.253 e. The third kappa shape index (κ3) is 6.35. The summed E-state index contributed by atoms with van der Waals surface area (Å²) < 4.78 is 40.8. The fourth-order valence-electron chi connectivity index (χ4n) is 4.20. The van der Waals surface area contributed by atoms with E-state index in [1.807, 2.05) is 30.3 Å². The number of sulfonamides is 1. The van der Waals surface area contributed by atoms with Crippen LogP contribution in [0, 0.1) is 11.7 Å². The highest BCUT2D eigenvalue weighted by Gasteiger charge is 2.32. The number of halogens is 1. The number of carbonyl (C=O) groups excluding carboxylic acids is 2. The lowest BCUT2D eigenvalue weighted by atomic mass is 9.97. The summed E-state index contributed by atoms with van der Waals surface area (Å²) in [5.41, 5.74) is 1.85. The van der Waals surface area contributed by atoms with E-state index in [0.717, 1.165) is 5.56 Å². The molecule has 9 heteroatoms. The van der Waals surface area contributed by atoms with E-state index < -0.39 is 27.5 Å². The summed E-state index contributed by atoms with van der Waals surface area (Å²) in [5.74, 6) is -1.93. The molecule has 0 bridgehead atoms. The van der Waals surface area contributed by atoms with Crippen LogP contribution in [0.15, 0.2) is 78.9 Å². The smallest absolute Gasteiger partial charge is 0.253 e. The van der Waals surface area contributed by atoms with Crippen LogP contribution >= 0.6 is 0 Å². The van der Waals surface area contributed by atoms with Crippen LogP contribution in [0.5, 0.6) is 0 Å². The second kappa shape index (κ2) is 11.5. The lowest BCUT2D eigenvalue weighted by Gasteiger charge is -2.30. The van der Waals surface area contributed by atoms with Crippen molar-refractivity contribution in [3.63, 3.8) is 0 Å². The highest BCUT2D eigenvalue weighted by molar-refractivity contribution is 7.88. The molecule has 1 saturated heterocycles. The van der Waals surface area contributed by atoms with E-state index >= 15 is 0 Å². The third-order valence-electron chi connectivity index (χ3n) is 6.24. The van der Waals surface area contributed by atoms with E-state index in [1.165, 1.54) is 22.5 Å². The standard InChI is InChI=1S/C27H28FN3O4S/c28-24-12-6-4-10-22(24)19-36(34,35)31-16-14-21(15-17-31)26(32)30-25-13-7-5-11-23(25)27(33)29-18-20-8-2-1-3-9-20/h1-13,21H,14-19H2,(H,29,33)(H,30,32). The summed E-state index contributed by atoms with van der Waals surface area (Å²) >= 11 is 0. The molecule has 0 saturated carbocycles. The normalized spacial score (nSPS) is 14.8. The van der Waals surface area contributed by atoms with Crippen LogP contribution in [0.2, 0.25) is 0 Å². The van der Waals surface area contributed by atoms with E-state index in [-0.39, 0.29) is 30.5 Å². The van der Waals surface area contributed by atoms with Gasteiger partial charge in [0.15, 0.2) is 0 Å². The zero-order chi connectivity index (χ0) is 25.5. The number of nitrogens with one attached hydrogen (secondary N) is 2. The molecular weight excluding hydrogens is 481 g/mol. The summed E-state index contributed by atoms with van der Waals surface area (Å²) in [6, 6.07) is 22.1. The van der Waals surface area contributed by atoms with Crippen LogP contribution in [-0.4, -0.2) is 37.6 Å². The van der Waals surface area contributed by atoms with Gasteiger partial charge < -0.3 is 10.6 Å². The van der Waals surface area contributed by atoms with E-state index in [9.17, 15) is 22.4 Å². The maximum absolute atomic E-state index is 13.9. The molecule has 188 valence electrons. The minimum absolute atomic E-state index is 0.125. The largest absolute Gasteiger partial charge is 0.348 e. The average molecular weight is 510 g/mol. The summed E-state index contributed by atoms with van der Waals surface area (Å²) in [6.45, 7) is 0.712. The Morgan fingerprint density at radius 1 is 0.889 bits per heavy atom. The predicted octanol–water partition coefficient (Wildman–Crippen LogP) is 3.94. The van der Waals surface area contributed by atoms with Gasteiger partial charge in [-0.2, -0.15) is 0 Å². The van der Waals surface area contributed by atoms with Crippen LogP contribution in [0.4, 0.5) is 10.1 Å². The molecule has 0 aromatic heterocycles. The van der Waals surface area contributed by atoms with Crippen molar-refractivity contribution in [1.82, 2.24) is 9.62 Å². The van der Waals surface area contributed by atoms with Crippen molar-refractivity contribution in [2.45, 2.75) is 25.1 Å². The van der Waals surface area contributed by atoms with Gasteiger partial charge in [0.1, 0.15) is 5.82 Å². The molecule has 3 aromatic rings. The summed E-state index contributed by atoms with van der Waals surface area (Å²) in [6.07, 6.45) is 0.676. The van der Waals surface area contributed by atoms with Gasteiger partial charge in [-0.05, 0) is 36.6 Å². The maximum atomic E-state index is 13.9. The van der Waals surface area contributed by atoms with Crippen molar-refractivity contribution in [1.29, 1.82) is 0 Å². The molecule has 2 amide bonds. The molecule has 1 aliphatic heterocycles. The summed E-state index contributed by atoms with van der Waals surface area (Å²) in [7, 11) is -3.71. The molecule has 36 heavy (non-hydrogen) atoms. The van der Waals surface area contributed by atoms with Gasteiger partial charge in [-0.15, -0.1) is 0 Å². The number of benzene rings is 3. The van der Waals surface area contributed by atoms with E-state index in [0.29, 0.717) is 30.6 Å². The molecule has 0 radical (unpaired) electrons. The van der Waals surface area contributed by atoms with E-state index in [1.54, 1.807) is 30.3 Å². The molecule has 0 unspecified atom stereocenters. The van der Waals surface area contributed by atoms with Gasteiger partial charge in [-0.25, -0.2) is 17.1 Å². The average Bonchev–Trinajstić information content (AvgIpc) is 2.89. The Bertz CT molecular complexity index is 1320. The highest BCUT2D eigenvalue weighted by atomic mass is 32.2. The molecule has 0 atom stereocenters. The lowest BCUT2D eigenvalue weighted by molar-refractivity contribution is -0.120. The summed E-state index contributed by atoms with van der Waals surface area (Å²) in [5, 5.41) is 5.71. The zero-order valence-electron chi connectivity index (χ0n) is 19.7. The fraction of sp³-hybridized carbons (Fsp3) is 0.259. The Kier molecular flexibility index (Phi) is 8.12. The van der Waals surface area contributed by atoms with Crippen LogP contribution < -0.4 is 10.6 Å². The fourth-order valence-corrected chi connectivity index (χ4v) is 5.77. The molecule has 0 aliphatic carbocycles. The number of amides is 2. The number of nitrogens with zero attached hydrogens (tertiary/aromatic N) is 1. The van der Waals surface area contributed by atoms with Crippen molar-refractivity contribution in [2.24, 2.45) is 5.92 Å². The first-order valence-corrected chi connectivity index (χ1v) is 13.4. The number of hydrogen-bond acceptors (Lipinski definition) is 4.